The van der Waals surface area contributed by atoms with Crippen LogP contribution in [0.3, 0.4) is 0 Å². The van der Waals surface area contributed by atoms with Crippen LogP contribution >= 0.6 is 0 Å². The summed E-state index contributed by atoms with van der Waals surface area (Å²) >= 11 is 0. The van der Waals surface area contributed by atoms with Gasteiger partial charge < -0.3 is 19.0 Å². The molecule has 190 valence electrons. The molecule has 4 fully saturated rings. The lowest BCUT2D eigenvalue weighted by molar-refractivity contribution is -0.395. The highest BCUT2D eigenvalue weighted by Crippen LogP contribution is 2.74. The van der Waals surface area contributed by atoms with Crippen molar-refractivity contribution in [2.45, 2.75) is 77.6 Å². The Morgan fingerprint density at radius 1 is 1.14 bits per heavy atom. The van der Waals surface area contributed by atoms with Gasteiger partial charge in [0.25, 0.3) is 0 Å². The highest BCUT2D eigenvalue weighted by atomic mass is 16.6. The van der Waals surface area contributed by atoms with Crippen LogP contribution in [-0.4, -0.2) is 28.1 Å². The minimum atomic E-state index is -1.03. The molecule has 2 spiro atoms. The van der Waals surface area contributed by atoms with E-state index in [-0.39, 0.29) is 21.9 Å². The van der Waals surface area contributed by atoms with Crippen molar-refractivity contribution in [1.29, 1.82) is 0 Å². The number of hydrogen-bond acceptors (Lipinski definition) is 6. The first kappa shape index (κ1) is 22.7. The van der Waals surface area contributed by atoms with Crippen LogP contribution in [-0.2, 0) is 11.2 Å². The average molecular weight is 490 g/mol. The molecule has 6 unspecified atom stereocenters. The summed E-state index contributed by atoms with van der Waals surface area (Å²) in [6, 6.07) is 5.60. The lowest BCUT2D eigenvalue weighted by Crippen LogP contribution is -2.74. The van der Waals surface area contributed by atoms with E-state index in [0.717, 1.165) is 31.2 Å². The number of fused-ring (bicyclic) bond motifs is 5. The Morgan fingerprint density at radius 2 is 1.97 bits per heavy atom. The van der Waals surface area contributed by atoms with Gasteiger partial charge in [0.1, 0.15) is 17.1 Å². The number of nitrogens with zero attached hydrogens (tertiary/aromatic N) is 1. The number of hydrogen-bond donors (Lipinski definition) is 1. The number of pyridine rings is 1. The third-order valence-corrected chi connectivity index (χ3v) is 11.4. The Bertz CT molecular complexity index is 1330. The van der Waals surface area contributed by atoms with Crippen molar-refractivity contribution in [2.24, 2.45) is 28.1 Å². The SMILES string of the molecule is CC1=CCC2C34CCC(O)(OC3)C(C)(C)C4CCC2(C)C12Cc1c(cc(-c3cccnc3)oc1=O)O2. The summed E-state index contributed by atoms with van der Waals surface area (Å²) in [6.07, 6.45) is 10.9. The molecule has 6 heteroatoms. The summed E-state index contributed by atoms with van der Waals surface area (Å²) in [4.78, 5) is 17.4. The fraction of sp³-hybridized carbons (Fsp3) is 0.600. The molecule has 3 aliphatic carbocycles. The van der Waals surface area contributed by atoms with Crippen molar-refractivity contribution in [2.75, 3.05) is 6.61 Å². The smallest absolute Gasteiger partial charge is 0.343 e. The fourth-order valence-electron chi connectivity index (χ4n) is 9.29. The molecule has 3 aliphatic heterocycles. The van der Waals surface area contributed by atoms with Crippen molar-refractivity contribution in [3.05, 3.63) is 58.2 Å². The molecule has 2 bridgehead atoms. The molecule has 2 saturated heterocycles. The van der Waals surface area contributed by atoms with Gasteiger partial charge >= 0.3 is 5.63 Å². The normalized spacial score (nSPS) is 41.8. The first-order valence-electron chi connectivity index (χ1n) is 13.4. The van der Waals surface area contributed by atoms with Crippen LogP contribution in [0.5, 0.6) is 5.75 Å². The van der Waals surface area contributed by atoms with Gasteiger partial charge in [-0.3, -0.25) is 4.98 Å². The van der Waals surface area contributed by atoms with Crippen molar-refractivity contribution >= 4 is 0 Å². The Balaban J connectivity index is 1.33. The molecule has 1 N–H and O–H groups in total. The number of aliphatic hydroxyl groups is 1. The van der Waals surface area contributed by atoms with Crippen LogP contribution in [0.25, 0.3) is 11.3 Å². The summed E-state index contributed by atoms with van der Waals surface area (Å²) in [6.45, 7) is 9.54. The number of ether oxygens (including phenoxy) is 2. The molecular formula is C30H35NO5. The molecular weight excluding hydrogens is 454 g/mol. The van der Waals surface area contributed by atoms with Gasteiger partial charge in [0.15, 0.2) is 5.79 Å². The maximum atomic E-state index is 13.2. The van der Waals surface area contributed by atoms with Gasteiger partial charge in [-0.15, -0.1) is 0 Å². The number of aromatic nitrogens is 1. The van der Waals surface area contributed by atoms with Crippen molar-refractivity contribution < 1.29 is 19.0 Å². The molecule has 0 aromatic carbocycles. The number of allylic oxidation sites excluding steroid dienone is 1. The lowest BCUT2D eigenvalue weighted by atomic mass is 9.36. The van der Waals surface area contributed by atoms with E-state index in [0.29, 0.717) is 48.4 Å². The van der Waals surface area contributed by atoms with Crippen LogP contribution in [0, 0.1) is 28.1 Å². The Morgan fingerprint density at radius 3 is 2.69 bits per heavy atom. The zero-order valence-electron chi connectivity index (χ0n) is 21.6. The average Bonchev–Trinajstić information content (AvgIpc) is 3.26. The molecule has 0 radical (unpaired) electrons. The first-order chi connectivity index (χ1) is 17.1. The minimum Gasteiger partial charge on any atom is -0.481 e. The fourth-order valence-corrected chi connectivity index (χ4v) is 9.29. The zero-order valence-corrected chi connectivity index (χ0v) is 21.6. The Labute approximate surface area is 211 Å². The highest BCUT2D eigenvalue weighted by Gasteiger charge is 2.74. The van der Waals surface area contributed by atoms with Crippen LogP contribution in [0.4, 0.5) is 0 Å². The second-order valence-electron chi connectivity index (χ2n) is 12.8. The monoisotopic (exact) mass is 489 g/mol. The second-order valence-corrected chi connectivity index (χ2v) is 12.8. The van der Waals surface area contributed by atoms with Crippen LogP contribution in [0.15, 0.2) is 51.5 Å². The molecule has 0 amide bonds. The van der Waals surface area contributed by atoms with Crippen LogP contribution in [0.1, 0.15) is 65.4 Å². The molecule has 8 rings (SSSR count). The summed E-state index contributed by atoms with van der Waals surface area (Å²) in [5, 5.41) is 11.3. The lowest BCUT2D eigenvalue weighted by Gasteiger charge is -2.72. The molecule has 6 nitrogen and oxygen atoms in total. The summed E-state index contributed by atoms with van der Waals surface area (Å²) in [5.74, 6) is 0.825. The first-order valence-corrected chi connectivity index (χ1v) is 13.4. The van der Waals surface area contributed by atoms with E-state index in [1.807, 2.05) is 18.2 Å². The van der Waals surface area contributed by atoms with Gasteiger partial charge in [0.05, 0.1) is 12.2 Å². The van der Waals surface area contributed by atoms with E-state index in [9.17, 15) is 9.90 Å². The van der Waals surface area contributed by atoms with Gasteiger partial charge in [-0.25, -0.2) is 4.79 Å². The van der Waals surface area contributed by atoms with E-state index in [1.165, 1.54) is 5.57 Å². The Hall–Kier alpha value is -2.44. The van der Waals surface area contributed by atoms with E-state index in [2.05, 4.69) is 38.8 Å². The third kappa shape index (κ3) is 2.50. The standard InChI is InChI=1S/C30H35NO5/c1-18-7-8-24-27(4,10-9-23-26(2,3)30(33)12-11-28(23,24)17-34-30)29(18)15-20-22(36-29)14-21(35-25(20)32)19-6-5-13-31-16-19/h5-7,13-14,16,23-24,33H,8-12,15,17H2,1-4H3. The maximum Gasteiger partial charge on any atom is 0.343 e. The highest BCUT2D eigenvalue weighted by molar-refractivity contribution is 5.59. The second kappa shape index (κ2) is 6.90. The molecule has 36 heavy (non-hydrogen) atoms. The molecule has 2 aromatic rings. The summed E-state index contributed by atoms with van der Waals surface area (Å²) < 4.78 is 19.0. The summed E-state index contributed by atoms with van der Waals surface area (Å²) in [7, 11) is 0. The van der Waals surface area contributed by atoms with E-state index in [4.69, 9.17) is 13.9 Å². The zero-order chi connectivity index (χ0) is 25.1. The molecule has 6 atom stereocenters. The Kier molecular flexibility index (Phi) is 4.36. The van der Waals surface area contributed by atoms with Crippen molar-refractivity contribution in [3.8, 4) is 17.1 Å². The van der Waals surface area contributed by atoms with Crippen LogP contribution in [0.2, 0.25) is 0 Å². The van der Waals surface area contributed by atoms with E-state index in [1.54, 1.807) is 12.4 Å². The predicted molar refractivity (Wildman–Crippen MR) is 134 cm³/mol. The maximum absolute atomic E-state index is 13.2. The van der Waals surface area contributed by atoms with Crippen molar-refractivity contribution in [3.63, 3.8) is 0 Å². The minimum absolute atomic E-state index is 0.00511. The van der Waals surface area contributed by atoms with Gasteiger partial charge in [-0.2, -0.15) is 0 Å². The van der Waals surface area contributed by atoms with Gasteiger partial charge in [-0.1, -0.05) is 26.8 Å². The molecule has 6 aliphatic rings. The predicted octanol–water partition coefficient (Wildman–Crippen LogP) is 5.28. The molecule has 2 saturated carbocycles. The molecule has 5 heterocycles. The van der Waals surface area contributed by atoms with Gasteiger partial charge in [0, 0.05) is 53.1 Å². The largest absolute Gasteiger partial charge is 0.481 e. The number of rotatable bonds is 1. The van der Waals surface area contributed by atoms with Gasteiger partial charge in [0.2, 0.25) is 0 Å². The summed E-state index contributed by atoms with van der Waals surface area (Å²) in [5.41, 5.74) is 1.22. The molecule has 2 aromatic heterocycles. The van der Waals surface area contributed by atoms with Crippen LogP contribution < -0.4 is 10.4 Å². The van der Waals surface area contributed by atoms with E-state index >= 15 is 0 Å². The van der Waals surface area contributed by atoms with Gasteiger partial charge in [-0.05, 0) is 62.1 Å². The topological polar surface area (TPSA) is 81.8 Å². The quantitative estimate of drug-likeness (QED) is 0.549. The van der Waals surface area contributed by atoms with E-state index < -0.39 is 11.4 Å². The third-order valence-electron chi connectivity index (χ3n) is 11.4. The van der Waals surface area contributed by atoms with Crippen molar-refractivity contribution in [1.82, 2.24) is 4.98 Å².